The highest BCUT2D eigenvalue weighted by Crippen LogP contribution is 2.28. The molecule has 3 rings (SSSR count). The Morgan fingerprint density at radius 3 is 2.62 bits per heavy atom. The first kappa shape index (κ1) is 20.7. The van der Waals surface area contributed by atoms with Gasteiger partial charge in [0, 0.05) is 13.1 Å². The van der Waals surface area contributed by atoms with Crippen LogP contribution in [0.4, 0.5) is 8.78 Å². The number of aromatic nitrogens is 3. The fraction of sp³-hybridized carbons (Fsp3) is 0.190. The number of allylic oxidation sites excluding steroid dienone is 1. The van der Waals surface area contributed by atoms with Crippen molar-refractivity contribution < 1.29 is 13.6 Å². The van der Waals surface area contributed by atoms with Crippen molar-refractivity contribution in [2.24, 2.45) is 0 Å². The van der Waals surface area contributed by atoms with Gasteiger partial charge in [0.25, 0.3) is 0 Å². The van der Waals surface area contributed by atoms with E-state index in [2.05, 4.69) is 22.1 Å². The Morgan fingerprint density at radius 1 is 1.21 bits per heavy atom. The van der Waals surface area contributed by atoms with E-state index in [0.717, 1.165) is 5.56 Å². The third-order valence-corrected chi connectivity index (χ3v) is 5.26. The van der Waals surface area contributed by atoms with Crippen molar-refractivity contribution in [3.63, 3.8) is 0 Å². The van der Waals surface area contributed by atoms with Crippen molar-refractivity contribution in [3.05, 3.63) is 78.4 Å². The zero-order valence-electron chi connectivity index (χ0n) is 15.8. The molecule has 1 amide bonds. The lowest BCUT2D eigenvalue weighted by Gasteiger charge is -2.13. The molecule has 1 aromatic heterocycles. The van der Waals surface area contributed by atoms with Gasteiger partial charge in [-0.05, 0) is 36.8 Å². The van der Waals surface area contributed by atoms with E-state index in [-0.39, 0.29) is 11.7 Å². The summed E-state index contributed by atoms with van der Waals surface area (Å²) in [5, 5.41) is 11.1. The number of nitrogens with one attached hydrogen (secondary N) is 1. The number of amides is 1. The summed E-state index contributed by atoms with van der Waals surface area (Å²) >= 11 is 1.22. The number of thioether (sulfide) groups is 1. The van der Waals surface area contributed by atoms with Crippen LogP contribution in [-0.4, -0.2) is 25.9 Å². The van der Waals surface area contributed by atoms with Gasteiger partial charge in [0.15, 0.2) is 11.0 Å². The molecule has 0 spiro atoms. The standard InChI is InChI=1S/C21H20F2N4OS/c1-3-12-27-19(17-6-4-5-7-18(17)23)25-26-21(27)29-14(2)20(28)24-13-15-8-10-16(22)11-9-15/h3-11,14H,1,12-13H2,2H3,(H,24,28). The maximum absolute atomic E-state index is 14.2. The zero-order valence-corrected chi connectivity index (χ0v) is 16.6. The van der Waals surface area contributed by atoms with Crippen LogP contribution >= 0.6 is 11.8 Å². The van der Waals surface area contributed by atoms with Crippen molar-refractivity contribution in [3.8, 4) is 11.4 Å². The predicted octanol–water partition coefficient (Wildman–Crippen LogP) is 4.21. The summed E-state index contributed by atoms with van der Waals surface area (Å²) in [6, 6.07) is 12.3. The molecule has 29 heavy (non-hydrogen) atoms. The zero-order chi connectivity index (χ0) is 20.8. The van der Waals surface area contributed by atoms with Gasteiger partial charge in [0.05, 0.1) is 10.8 Å². The first-order chi connectivity index (χ1) is 14.0. The Balaban J connectivity index is 1.71. The average molecular weight is 414 g/mol. The maximum atomic E-state index is 14.2. The van der Waals surface area contributed by atoms with Crippen LogP contribution in [0.15, 0.2) is 66.3 Å². The maximum Gasteiger partial charge on any atom is 0.233 e. The average Bonchev–Trinajstić information content (AvgIpc) is 3.10. The Morgan fingerprint density at radius 2 is 1.93 bits per heavy atom. The van der Waals surface area contributed by atoms with Gasteiger partial charge in [0.2, 0.25) is 5.91 Å². The highest BCUT2D eigenvalue weighted by Gasteiger charge is 2.21. The molecule has 0 saturated heterocycles. The number of carbonyl (C=O) groups is 1. The van der Waals surface area contributed by atoms with E-state index in [1.54, 1.807) is 47.9 Å². The molecule has 0 aliphatic rings. The minimum atomic E-state index is -0.461. The third kappa shape index (κ3) is 5.08. The van der Waals surface area contributed by atoms with Gasteiger partial charge < -0.3 is 5.32 Å². The van der Waals surface area contributed by atoms with Crippen molar-refractivity contribution in [1.29, 1.82) is 0 Å². The molecule has 3 aromatic rings. The molecule has 0 bridgehead atoms. The van der Waals surface area contributed by atoms with Gasteiger partial charge in [-0.25, -0.2) is 8.78 Å². The van der Waals surface area contributed by atoms with Crippen LogP contribution in [0.1, 0.15) is 12.5 Å². The minimum absolute atomic E-state index is 0.195. The molecule has 1 heterocycles. The van der Waals surface area contributed by atoms with E-state index in [0.29, 0.717) is 29.6 Å². The van der Waals surface area contributed by atoms with E-state index >= 15 is 0 Å². The smallest absolute Gasteiger partial charge is 0.233 e. The summed E-state index contributed by atoms with van der Waals surface area (Å²) in [6.45, 7) is 6.16. The Kier molecular flexibility index (Phi) is 6.77. The molecule has 150 valence electrons. The summed E-state index contributed by atoms with van der Waals surface area (Å²) in [6.07, 6.45) is 1.66. The molecular formula is C21H20F2N4OS. The van der Waals surface area contributed by atoms with Crippen LogP contribution in [0.3, 0.4) is 0 Å². The monoisotopic (exact) mass is 414 g/mol. The van der Waals surface area contributed by atoms with Gasteiger partial charge in [-0.2, -0.15) is 0 Å². The fourth-order valence-electron chi connectivity index (χ4n) is 2.66. The molecule has 0 aliphatic heterocycles. The molecule has 0 saturated carbocycles. The lowest BCUT2D eigenvalue weighted by molar-refractivity contribution is -0.120. The summed E-state index contributed by atoms with van der Waals surface area (Å²) < 4.78 is 28.9. The van der Waals surface area contributed by atoms with Crippen LogP contribution in [-0.2, 0) is 17.9 Å². The van der Waals surface area contributed by atoms with E-state index < -0.39 is 11.1 Å². The van der Waals surface area contributed by atoms with Gasteiger partial charge >= 0.3 is 0 Å². The number of hydrogen-bond acceptors (Lipinski definition) is 4. The van der Waals surface area contributed by atoms with Crippen molar-refractivity contribution in [1.82, 2.24) is 20.1 Å². The lowest BCUT2D eigenvalue weighted by Crippen LogP contribution is -2.30. The fourth-order valence-corrected chi connectivity index (χ4v) is 3.54. The van der Waals surface area contributed by atoms with E-state index in [1.807, 2.05) is 0 Å². The highest BCUT2D eigenvalue weighted by atomic mass is 32.2. The molecule has 5 nitrogen and oxygen atoms in total. The van der Waals surface area contributed by atoms with Crippen molar-refractivity contribution in [2.45, 2.75) is 30.4 Å². The van der Waals surface area contributed by atoms with Crippen LogP contribution < -0.4 is 5.32 Å². The number of nitrogens with zero attached hydrogens (tertiary/aromatic N) is 3. The summed E-state index contributed by atoms with van der Waals surface area (Å²) in [5.74, 6) is -0.535. The third-order valence-electron chi connectivity index (χ3n) is 4.17. The lowest BCUT2D eigenvalue weighted by atomic mass is 10.2. The second kappa shape index (κ2) is 9.47. The Bertz CT molecular complexity index is 1000. The predicted molar refractivity (Wildman–Crippen MR) is 109 cm³/mol. The largest absolute Gasteiger partial charge is 0.351 e. The molecule has 1 atom stereocenters. The number of hydrogen-bond donors (Lipinski definition) is 1. The Labute approximate surface area is 171 Å². The summed E-state index contributed by atoms with van der Waals surface area (Å²) in [4.78, 5) is 12.4. The molecule has 8 heteroatoms. The van der Waals surface area contributed by atoms with E-state index in [4.69, 9.17) is 0 Å². The van der Waals surface area contributed by atoms with Crippen LogP contribution in [0, 0.1) is 11.6 Å². The summed E-state index contributed by atoms with van der Waals surface area (Å²) in [7, 11) is 0. The quantitative estimate of drug-likeness (QED) is 0.443. The number of benzene rings is 2. The van der Waals surface area contributed by atoms with Gasteiger partial charge in [-0.1, -0.05) is 42.1 Å². The van der Waals surface area contributed by atoms with Gasteiger partial charge in [-0.3, -0.25) is 9.36 Å². The first-order valence-electron chi connectivity index (χ1n) is 8.97. The molecule has 0 fully saturated rings. The normalized spacial score (nSPS) is 11.8. The Hall–Kier alpha value is -3.00. The number of rotatable bonds is 8. The molecule has 0 aliphatic carbocycles. The number of halogens is 2. The first-order valence-corrected chi connectivity index (χ1v) is 9.85. The van der Waals surface area contributed by atoms with Gasteiger partial charge in [-0.15, -0.1) is 16.8 Å². The topological polar surface area (TPSA) is 59.8 Å². The van der Waals surface area contributed by atoms with E-state index in [1.165, 1.54) is 30.0 Å². The summed E-state index contributed by atoms with van der Waals surface area (Å²) in [5.41, 5.74) is 1.13. The number of carbonyl (C=O) groups excluding carboxylic acids is 1. The molecular weight excluding hydrogens is 394 g/mol. The van der Waals surface area contributed by atoms with Crippen molar-refractivity contribution in [2.75, 3.05) is 0 Å². The molecule has 1 N–H and O–H groups in total. The van der Waals surface area contributed by atoms with Crippen LogP contribution in [0.25, 0.3) is 11.4 Å². The van der Waals surface area contributed by atoms with Gasteiger partial charge in [0.1, 0.15) is 11.6 Å². The highest BCUT2D eigenvalue weighted by molar-refractivity contribution is 8.00. The molecule has 0 radical (unpaired) electrons. The van der Waals surface area contributed by atoms with E-state index in [9.17, 15) is 13.6 Å². The second-order valence-corrected chi connectivity index (χ2v) is 7.60. The molecule has 1 unspecified atom stereocenters. The minimum Gasteiger partial charge on any atom is -0.351 e. The molecule has 2 aromatic carbocycles. The van der Waals surface area contributed by atoms with Crippen molar-refractivity contribution >= 4 is 17.7 Å². The van der Waals surface area contributed by atoms with Crippen LogP contribution in [0.5, 0.6) is 0 Å². The van der Waals surface area contributed by atoms with Crippen LogP contribution in [0.2, 0.25) is 0 Å². The SMILES string of the molecule is C=CCn1c(SC(C)C(=O)NCc2ccc(F)cc2)nnc1-c1ccccc1F. The second-order valence-electron chi connectivity index (χ2n) is 6.29.